The van der Waals surface area contributed by atoms with Crippen molar-refractivity contribution in [1.29, 1.82) is 0 Å². The highest BCUT2D eigenvalue weighted by Gasteiger charge is 2.09. The Morgan fingerprint density at radius 3 is 2.75 bits per heavy atom. The first-order chi connectivity index (χ1) is 9.67. The number of hydrogen-bond donors (Lipinski definition) is 1. The van der Waals surface area contributed by atoms with E-state index in [-0.39, 0.29) is 0 Å². The molecule has 3 aromatic rings. The van der Waals surface area contributed by atoms with Crippen molar-refractivity contribution in [2.24, 2.45) is 12.8 Å². The Labute approximate surface area is 122 Å². The number of nitrogens with zero attached hydrogens (tertiary/aromatic N) is 3. The fraction of sp³-hybridized carbons (Fsp3) is 0.200. The van der Waals surface area contributed by atoms with E-state index < -0.39 is 0 Å². The van der Waals surface area contributed by atoms with Gasteiger partial charge in [-0.3, -0.25) is 4.68 Å². The third-order valence-electron chi connectivity index (χ3n) is 3.17. The topological polar surface area (TPSA) is 56.7 Å². The first-order valence-electron chi connectivity index (χ1n) is 6.44. The molecule has 0 fully saturated rings. The number of benzene rings is 1. The van der Waals surface area contributed by atoms with Gasteiger partial charge in [-0.05, 0) is 30.7 Å². The lowest BCUT2D eigenvalue weighted by molar-refractivity contribution is 0.692. The zero-order chi connectivity index (χ0) is 14.1. The number of hydrogen-bond acceptors (Lipinski definition) is 4. The Morgan fingerprint density at radius 1 is 1.25 bits per heavy atom. The van der Waals surface area contributed by atoms with Crippen molar-refractivity contribution in [3.8, 4) is 0 Å². The van der Waals surface area contributed by atoms with Crippen molar-refractivity contribution >= 4 is 22.7 Å². The highest BCUT2D eigenvalue weighted by molar-refractivity contribution is 7.99. The second-order valence-electron chi connectivity index (χ2n) is 4.69. The van der Waals surface area contributed by atoms with Crippen LogP contribution in [0.2, 0.25) is 0 Å². The summed E-state index contributed by atoms with van der Waals surface area (Å²) in [6.45, 7) is 2.50. The Morgan fingerprint density at radius 2 is 2.05 bits per heavy atom. The number of pyridine rings is 1. The minimum Gasteiger partial charge on any atom is -0.326 e. The third kappa shape index (κ3) is 2.42. The van der Waals surface area contributed by atoms with Gasteiger partial charge in [0.25, 0.3) is 0 Å². The molecule has 0 aliphatic carbocycles. The predicted octanol–water partition coefficient (Wildman–Crippen LogP) is 2.89. The zero-order valence-electron chi connectivity index (χ0n) is 11.5. The molecule has 3 rings (SSSR count). The average Bonchev–Trinajstić information content (AvgIpc) is 2.76. The van der Waals surface area contributed by atoms with E-state index in [1.807, 2.05) is 36.9 Å². The maximum Gasteiger partial charge on any atom is 0.103 e. The molecule has 1 aromatic carbocycles. The number of rotatable bonds is 3. The van der Waals surface area contributed by atoms with Crippen LogP contribution >= 0.6 is 11.8 Å². The molecule has 0 aliphatic rings. The summed E-state index contributed by atoms with van der Waals surface area (Å²) >= 11 is 1.61. The van der Waals surface area contributed by atoms with E-state index in [4.69, 9.17) is 10.7 Å². The summed E-state index contributed by atoms with van der Waals surface area (Å²) in [7, 11) is 1.94. The van der Waals surface area contributed by atoms with Crippen LogP contribution in [0, 0.1) is 6.92 Å². The fourth-order valence-electron chi connectivity index (χ4n) is 2.23. The summed E-state index contributed by atoms with van der Waals surface area (Å²) in [5.74, 6) is 0. The van der Waals surface area contributed by atoms with Crippen LogP contribution in [0.5, 0.6) is 0 Å². The first kappa shape index (κ1) is 13.1. The van der Waals surface area contributed by atoms with Gasteiger partial charge in [0.15, 0.2) is 0 Å². The summed E-state index contributed by atoms with van der Waals surface area (Å²) in [6.07, 6.45) is 0. The molecular formula is C15H16N4S. The minimum absolute atomic E-state index is 0.515. The lowest BCUT2D eigenvalue weighted by Gasteiger charge is -2.07. The summed E-state index contributed by atoms with van der Waals surface area (Å²) in [4.78, 5) is 4.70. The quantitative estimate of drug-likeness (QED) is 0.803. The molecule has 2 N–H and O–H groups in total. The van der Waals surface area contributed by atoms with E-state index in [0.717, 1.165) is 32.2 Å². The molecule has 0 radical (unpaired) electrons. The average molecular weight is 284 g/mol. The van der Waals surface area contributed by atoms with Crippen molar-refractivity contribution in [3.63, 3.8) is 0 Å². The van der Waals surface area contributed by atoms with E-state index >= 15 is 0 Å². The van der Waals surface area contributed by atoms with Crippen LogP contribution in [0.3, 0.4) is 0 Å². The molecule has 0 aliphatic heterocycles. The van der Waals surface area contributed by atoms with Crippen LogP contribution in [0.4, 0.5) is 0 Å². The van der Waals surface area contributed by atoms with Crippen molar-refractivity contribution in [3.05, 3.63) is 47.7 Å². The summed E-state index contributed by atoms with van der Waals surface area (Å²) in [5, 5.41) is 7.51. The molecule has 0 unspecified atom stereocenters. The van der Waals surface area contributed by atoms with Crippen LogP contribution in [0.15, 0.2) is 46.5 Å². The highest BCUT2D eigenvalue weighted by atomic mass is 32.2. The maximum atomic E-state index is 5.86. The van der Waals surface area contributed by atoms with E-state index in [9.17, 15) is 0 Å². The van der Waals surface area contributed by atoms with Crippen LogP contribution < -0.4 is 5.73 Å². The van der Waals surface area contributed by atoms with Crippen molar-refractivity contribution in [1.82, 2.24) is 14.8 Å². The molecule has 5 heteroatoms. The number of nitrogens with two attached hydrogens (primary N) is 1. The number of para-hydroxylation sites is 1. The molecule has 0 saturated heterocycles. The molecule has 0 amide bonds. The zero-order valence-corrected chi connectivity index (χ0v) is 12.3. The monoisotopic (exact) mass is 284 g/mol. The second kappa shape index (κ2) is 5.26. The highest BCUT2D eigenvalue weighted by Crippen LogP contribution is 2.29. The largest absolute Gasteiger partial charge is 0.326 e. The molecule has 4 nitrogen and oxygen atoms in total. The molecule has 102 valence electrons. The SMILES string of the molecule is Cc1cc(Sc2cc(CN)c3ccccc3n2)n(C)n1. The molecule has 20 heavy (non-hydrogen) atoms. The third-order valence-corrected chi connectivity index (χ3v) is 4.18. The van der Waals surface area contributed by atoms with Crippen molar-refractivity contribution in [2.75, 3.05) is 0 Å². The molecule has 0 bridgehead atoms. The van der Waals surface area contributed by atoms with Gasteiger partial charge in [0.05, 0.1) is 11.2 Å². The number of aryl methyl sites for hydroxylation is 2. The van der Waals surface area contributed by atoms with Gasteiger partial charge >= 0.3 is 0 Å². The van der Waals surface area contributed by atoms with Gasteiger partial charge in [-0.25, -0.2) is 4.98 Å². The van der Waals surface area contributed by atoms with E-state index in [0.29, 0.717) is 6.54 Å². The Hall–Kier alpha value is -1.85. The fourth-order valence-corrected chi connectivity index (χ4v) is 3.19. The molecule has 0 spiro atoms. The Bertz CT molecular complexity index is 764. The Balaban J connectivity index is 2.06. The van der Waals surface area contributed by atoms with E-state index in [1.165, 1.54) is 0 Å². The van der Waals surface area contributed by atoms with Gasteiger partial charge in [0.2, 0.25) is 0 Å². The van der Waals surface area contributed by atoms with E-state index in [2.05, 4.69) is 23.3 Å². The smallest absolute Gasteiger partial charge is 0.103 e. The molecule has 2 aromatic heterocycles. The van der Waals surface area contributed by atoms with Crippen LogP contribution in [-0.2, 0) is 13.6 Å². The molecular weight excluding hydrogens is 268 g/mol. The normalized spacial score (nSPS) is 11.2. The maximum absolute atomic E-state index is 5.86. The van der Waals surface area contributed by atoms with E-state index in [1.54, 1.807) is 11.8 Å². The van der Waals surface area contributed by atoms with Gasteiger partial charge in [-0.1, -0.05) is 30.0 Å². The summed E-state index contributed by atoms with van der Waals surface area (Å²) in [6, 6.07) is 12.2. The molecule has 0 atom stereocenters. The first-order valence-corrected chi connectivity index (χ1v) is 7.26. The van der Waals surface area contributed by atoms with Crippen molar-refractivity contribution < 1.29 is 0 Å². The Kier molecular flexibility index (Phi) is 3.46. The van der Waals surface area contributed by atoms with Crippen LogP contribution in [0.1, 0.15) is 11.3 Å². The number of fused-ring (bicyclic) bond motifs is 1. The van der Waals surface area contributed by atoms with Gasteiger partial charge in [-0.2, -0.15) is 5.10 Å². The van der Waals surface area contributed by atoms with Gasteiger partial charge < -0.3 is 5.73 Å². The minimum atomic E-state index is 0.515. The lowest BCUT2D eigenvalue weighted by atomic mass is 10.1. The lowest BCUT2D eigenvalue weighted by Crippen LogP contribution is -1.99. The van der Waals surface area contributed by atoms with Gasteiger partial charge in [-0.15, -0.1) is 0 Å². The standard InChI is InChI=1S/C15H16N4S/c1-10-7-15(19(2)18-10)20-14-8-11(9-16)12-5-3-4-6-13(12)17-14/h3-8H,9,16H2,1-2H3. The second-order valence-corrected chi connectivity index (χ2v) is 5.73. The molecule has 2 heterocycles. The summed E-state index contributed by atoms with van der Waals surface area (Å²) < 4.78 is 1.87. The van der Waals surface area contributed by atoms with Crippen LogP contribution in [-0.4, -0.2) is 14.8 Å². The van der Waals surface area contributed by atoms with Crippen molar-refractivity contribution in [2.45, 2.75) is 23.5 Å². The summed E-state index contributed by atoms with van der Waals surface area (Å²) in [5.41, 5.74) is 8.97. The van der Waals surface area contributed by atoms with Crippen LogP contribution in [0.25, 0.3) is 10.9 Å². The predicted molar refractivity (Wildman–Crippen MR) is 81.7 cm³/mol. The molecule has 0 saturated carbocycles. The number of aromatic nitrogens is 3. The van der Waals surface area contributed by atoms with Gasteiger partial charge in [0.1, 0.15) is 10.1 Å². The van der Waals surface area contributed by atoms with Gasteiger partial charge in [0, 0.05) is 19.0 Å².